The Kier molecular flexibility index (Phi) is 15.8. The second kappa shape index (κ2) is 15.9. The van der Waals surface area contributed by atoms with E-state index in [2.05, 4.69) is 28.1 Å². The van der Waals surface area contributed by atoms with Gasteiger partial charge in [0.2, 0.25) is 0 Å². The Hall–Kier alpha value is -0.0200. The topological polar surface area (TPSA) is 49.6 Å². The first kappa shape index (κ1) is 22.0. The highest BCUT2D eigenvalue weighted by atomic mass is 127. The second-order valence-corrected chi connectivity index (χ2v) is 6.58. The first-order valence-corrected chi connectivity index (χ1v) is 10.2. The van der Waals surface area contributed by atoms with Crippen molar-refractivity contribution in [3.8, 4) is 0 Å². The van der Waals surface area contributed by atoms with E-state index in [0.717, 1.165) is 49.9 Å². The van der Waals surface area contributed by atoms with Crippen LogP contribution in [-0.2, 0) is 6.42 Å². The molecule has 0 unspecified atom stereocenters. The second-order valence-electron chi connectivity index (χ2n) is 4.61. The maximum Gasteiger partial charge on any atom is 0.191 e. The number of guanidine groups is 1. The summed E-state index contributed by atoms with van der Waals surface area (Å²) < 4.78 is 5.33. The summed E-state index contributed by atoms with van der Waals surface area (Å²) in [5, 5.41) is 6.75. The summed E-state index contributed by atoms with van der Waals surface area (Å²) in [6.07, 6.45) is 9.24. The van der Waals surface area contributed by atoms with Gasteiger partial charge in [-0.2, -0.15) is 23.5 Å². The normalized spacial score (nSPS) is 11.1. The van der Waals surface area contributed by atoms with Gasteiger partial charge in [-0.05, 0) is 43.2 Å². The number of furan rings is 1. The fourth-order valence-corrected chi connectivity index (χ4v) is 2.55. The molecule has 1 rings (SSSR count). The highest BCUT2D eigenvalue weighted by molar-refractivity contribution is 14.0. The van der Waals surface area contributed by atoms with Gasteiger partial charge in [0.25, 0.3) is 0 Å². The van der Waals surface area contributed by atoms with Crippen LogP contribution in [0.15, 0.2) is 27.8 Å². The van der Waals surface area contributed by atoms with Gasteiger partial charge in [-0.15, -0.1) is 24.0 Å². The Balaban J connectivity index is 0.00000441. The zero-order chi connectivity index (χ0) is 15.2. The van der Waals surface area contributed by atoms with Crippen LogP contribution in [0.25, 0.3) is 0 Å². The van der Waals surface area contributed by atoms with Crippen molar-refractivity contribution in [3.05, 3.63) is 24.2 Å². The molecule has 0 fully saturated rings. The highest BCUT2D eigenvalue weighted by Crippen LogP contribution is 2.00. The number of nitrogens with zero attached hydrogens (tertiary/aromatic N) is 1. The standard InChI is InChI=1S/C15H27N3OS2.HI/c1-20-12-4-3-8-16-15(18-10-13-21-2)17-9-7-14-6-5-11-19-14;/h5-6,11H,3-4,7-10,12-13H2,1-2H3,(H2,16,17,18);1H. The molecule has 0 radical (unpaired) electrons. The number of hydrogen-bond donors (Lipinski definition) is 2. The smallest absolute Gasteiger partial charge is 0.191 e. The Morgan fingerprint density at radius 2 is 1.91 bits per heavy atom. The van der Waals surface area contributed by atoms with Crippen LogP contribution in [0.3, 0.4) is 0 Å². The first-order valence-electron chi connectivity index (χ1n) is 7.39. The average molecular weight is 457 g/mol. The van der Waals surface area contributed by atoms with Crippen molar-refractivity contribution in [2.75, 3.05) is 43.7 Å². The fraction of sp³-hybridized carbons (Fsp3) is 0.667. The molecule has 0 aliphatic carbocycles. The van der Waals surface area contributed by atoms with Gasteiger partial charge in [0.15, 0.2) is 5.96 Å². The van der Waals surface area contributed by atoms with Crippen LogP contribution in [0.2, 0.25) is 0 Å². The van der Waals surface area contributed by atoms with Crippen molar-refractivity contribution < 1.29 is 4.42 Å². The average Bonchev–Trinajstić information content (AvgIpc) is 3.00. The molecule has 0 saturated carbocycles. The molecule has 0 amide bonds. The predicted octanol–water partition coefficient (Wildman–Crippen LogP) is 3.48. The maximum atomic E-state index is 5.33. The minimum atomic E-state index is 0. The lowest BCUT2D eigenvalue weighted by atomic mass is 10.3. The lowest BCUT2D eigenvalue weighted by Crippen LogP contribution is -2.39. The number of halogens is 1. The van der Waals surface area contributed by atoms with Gasteiger partial charge in [0.05, 0.1) is 6.26 Å². The van der Waals surface area contributed by atoms with Gasteiger partial charge in [-0.3, -0.25) is 4.99 Å². The van der Waals surface area contributed by atoms with Crippen molar-refractivity contribution in [3.63, 3.8) is 0 Å². The molecule has 0 spiro atoms. The van der Waals surface area contributed by atoms with Crippen molar-refractivity contribution in [1.82, 2.24) is 10.6 Å². The number of hydrogen-bond acceptors (Lipinski definition) is 4. The van der Waals surface area contributed by atoms with E-state index in [9.17, 15) is 0 Å². The summed E-state index contributed by atoms with van der Waals surface area (Å²) >= 11 is 3.73. The number of nitrogens with one attached hydrogen (secondary N) is 2. The Morgan fingerprint density at radius 3 is 2.59 bits per heavy atom. The van der Waals surface area contributed by atoms with Crippen LogP contribution in [0.1, 0.15) is 18.6 Å². The minimum absolute atomic E-state index is 0. The van der Waals surface area contributed by atoms with Crippen molar-refractivity contribution >= 4 is 53.5 Å². The third kappa shape index (κ3) is 11.5. The molecule has 1 heterocycles. The molecule has 0 aliphatic heterocycles. The van der Waals surface area contributed by atoms with Gasteiger partial charge in [0, 0.05) is 31.8 Å². The molecule has 1 aromatic heterocycles. The lowest BCUT2D eigenvalue weighted by molar-refractivity contribution is 0.507. The van der Waals surface area contributed by atoms with E-state index in [-0.39, 0.29) is 24.0 Å². The van der Waals surface area contributed by atoms with Gasteiger partial charge in [-0.25, -0.2) is 0 Å². The number of unbranched alkanes of at least 4 members (excludes halogenated alkanes) is 1. The predicted molar refractivity (Wildman–Crippen MR) is 112 cm³/mol. The molecule has 0 aromatic carbocycles. The van der Waals surface area contributed by atoms with Crippen LogP contribution >= 0.6 is 47.5 Å². The molecule has 7 heteroatoms. The molecule has 128 valence electrons. The first-order chi connectivity index (χ1) is 10.4. The third-order valence-corrected chi connectivity index (χ3v) is 4.18. The summed E-state index contributed by atoms with van der Waals surface area (Å²) in [6, 6.07) is 3.93. The van der Waals surface area contributed by atoms with Crippen molar-refractivity contribution in [2.24, 2.45) is 4.99 Å². The summed E-state index contributed by atoms with van der Waals surface area (Å²) in [7, 11) is 0. The molecule has 0 bridgehead atoms. The molecular formula is C15H28IN3OS2. The Morgan fingerprint density at radius 1 is 1.14 bits per heavy atom. The largest absolute Gasteiger partial charge is 0.469 e. The van der Waals surface area contributed by atoms with E-state index in [4.69, 9.17) is 4.42 Å². The molecule has 0 aliphatic rings. The van der Waals surface area contributed by atoms with E-state index in [1.807, 2.05) is 35.7 Å². The zero-order valence-electron chi connectivity index (χ0n) is 13.5. The molecule has 2 N–H and O–H groups in total. The maximum absolute atomic E-state index is 5.33. The van der Waals surface area contributed by atoms with Crippen LogP contribution in [0.5, 0.6) is 0 Å². The van der Waals surface area contributed by atoms with Gasteiger partial charge in [0.1, 0.15) is 5.76 Å². The fourth-order valence-electron chi connectivity index (χ4n) is 1.75. The Bertz CT molecular complexity index is 375. The monoisotopic (exact) mass is 457 g/mol. The minimum Gasteiger partial charge on any atom is -0.469 e. The molecule has 0 atom stereocenters. The van der Waals surface area contributed by atoms with E-state index >= 15 is 0 Å². The number of thioether (sulfide) groups is 2. The SMILES string of the molecule is CSCCCCN=C(NCCSC)NCCc1ccco1.I. The zero-order valence-corrected chi connectivity index (χ0v) is 17.4. The van der Waals surface area contributed by atoms with Crippen LogP contribution in [-0.4, -0.2) is 49.6 Å². The quantitative estimate of drug-likeness (QED) is 0.231. The van der Waals surface area contributed by atoms with Crippen LogP contribution in [0, 0.1) is 0 Å². The van der Waals surface area contributed by atoms with Crippen LogP contribution in [0.4, 0.5) is 0 Å². The summed E-state index contributed by atoms with van der Waals surface area (Å²) in [6.45, 7) is 2.66. The number of rotatable bonds is 11. The van der Waals surface area contributed by atoms with Gasteiger partial charge >= 0.3 is 0 Å². The third-order valence-electron chi connectivity index (χ3n) is 2.87. The summed E-state index contributed by atoms with van der Waals surface area (Å²) in [5.41, 5.74) is 0. The molecular weight excluding hydrogens is 429 g/mol. The van der Waals surface area contributed by atoms with Gasteiger partial charge in [-0.1, -0.05) is 0 Å². The van der Waals surface area contributed by atoms with Crippen molar-refractivity contribution in [2.45, 2.75) is 19.3 Å². The van der Waals surface area contributed by atoms with E-state index in [1.54, 1.807) is 6.26 Å². The molecule has 22 heavy (non-hydrogen) atoms. The summed E-state index contributed by atoms with van der Waals surface area (Å²) in [5.74, 6) is 4.23. The van der Waals surface area contributed by atoms with Crippen molar-refractivity contribution in [1.29, 1.82) is 0 Å². The van der Waals surface area contributed by atoms with E-state index in [1.165, 1.54) is 12.2 Å². The molecule has 0 saturated heterocycles. The number of aliphatic imine (C=N–C) groups is 1. The van der Waals surface area contributed by atoms with E-state index in [0.29, 0.717) is 0 Å². The molecule has 4 nitrogen and oxygen atoms in total. The molecule has 1 aromatic rings. The Labute approximate surface area is 160 Å². The van der Waals surface area contributed by atoms with Gasteiger partial charge < -0.3 is 15.1 Å². The lowest BCUT2D eigenvalue weighted by Gasteiger charge is -2.11. The van der Waals surface area contributed by atoms with E-state index < -0.39 is 0 Å². The van der Waals surface area contributed by atoms with Crippen LogP contribution < -0.4 is 10.6 Å². The summed E-state index contributed by atoms with van der Waals surface area (Å²) in [4.78, 5) is 4.63. The highest BCUT2D eigenvalue weighted by Gasteiger charge is 2.00.